The number of hydrogen-bond acceptors (Lipinski definition) is 6. The van der Waals surface area contributed by atoms with E-state index in [0.29, 0.717) is 12.1 Å². The van der Waals surface area contributed by atoms with E-state index in [0.717, 1.165) is 26.4 Å². The van der Waals surface area contributed by atoms with Crippen LogP contribution < -0.4 is 0 Å². The third-order valence-corrected chi connectivity index (χ3v) is 6.64. The maximum Gasteiger partial charge on any atom is 0.145 e. The van der Waals surface area contributed by atoms with Gasteiger partial charge in [-0.3, -0.25) is 0 Å². The first-order valence-electron chi connectivity index (χ1n) is 9.45. The molecule has 4 saturated heterocycles. The smallest absolute Gasteiger partial charge is 0.145 e. The highest BCUT2D eigenvalue weighted by Gasteiger charge is 2.66. The van der Waals surface area contributed by atoms with Gasteiger partial charge in [-0.2, -0.15) is 0 Å². The fourth-order valence-corrected chi connectivity index (χ4v) is 5.07. The zero-order valence-electron chi connectivity index (χ0n) is 15.3. The van der Waals surface area contributed by atoms with Gasteiger partial charge in [-0.05, 0) is 40.5 Å². The van der Waals surface area contributed by atoms with Gasteiger partial charge >= 0.3 is 0 Å². The van der Waals surface area contributed by atoms with Crippen molar-refractivity contribution in [3.05, 3.63) is 0 Å². The lowest BCUT2D eigenvalue weighted by molar-refractivity contribution is -0.122. The molecule has 4 heterocycles. The minimum atomic E-state index is -0.173. The van der Waals surface area contributed by atoms with Crippen LogP contribution in [-0.2, 0) is 18.9 Å². The first-order chi connectivity index (χ1) is 11.3. The van der Waals surface area contributed by atoms with Gasteiger partial charge in [0.1, 0.15) is 22.9 Å². The molecule has 0 N–H and O–H groups in total. The Bertz CT molecular complexity index is 453. The van der Waals surface area contributed by atoms with E-state index in [9.17, 15) is 0 Å². The summed E-state index contributed by atoms with van der Waals surface area (Å²) in [6.45, 7) is 12.0. The van der Waals surface area contributed by atoms with Crippen LogP contribution >= 0.6 is 0 Å². The number of ether oxygens (including phenoxy) is 4. The highest BCUT2D eigenvalue weighted by Crippen LogP contribution is 2.52. The highest BCUT2D eigenvalue weighted by atomic mass is 16.7. The molecule has 0 radical (unpaired) electrons. The van der Waals surface area contributed by atoms with Gasteiger partial charge < -0.3 is 18.9 Å². The molecular weight excluding hydrogens is 308 g/mol. The summed E-state index contributed by atoms with van der Waals surface area (Å²) in [4.78, 5) is 5.07. The van der Waals surface area contributed by atoms with Crippen LogP contribution in [0.4, 0.5) is 0 Å². The predicted molar refractivity (Wildman–Crippen MR) is 87.2 cm³/mol. The largest absolute Gasteiger partial charge is 0.354 e. The summed E-state index contributed by atoms with van der Waals surface area (Å²) in [5.41, 5.74) is -0.691. The summed E-state index contributed by atoms with van der Waals surface area (Å²) in [6, 6.07) is 0.835. The summed E-state index contributed by atoms with van der Waals surface area (Å²) in [7, 11) is 0. The molecule has 4 aliphatic heterocycles. The van der Waals surface area contributed by atoms with Gasteiger partial charge in [0.05, 0.1) is 26.4 Å². The average molecular weight is 338 g/mol. The quantitative estimate of drug-likeness (QED) is 0.690. The highest BCUT2D eigenvalue weighted by molar-refractivity contribution is 5.10. The molecule has 5 fully saturated rings. The van der Waals surface area contributed by atoms with Crippen LogP contribution in [0.2, 0.25) is 0 Å². The zero-order valence-corrected chi connectivity index (χ0v) is 15.3. The van der Waals surface area contributed by atoms with Crippen molar-refractivity contribution in [1.82, 2.24) is 9.80 Å². The molecular formula is C18H30N2O4. The SMILES string of the molecule is CC1(N(C2CCCCC2N(C2(C)CO2)C2(C)CO2)C2(C)CO2)CO1. The molecule has 0 spiro atoms. The van der Waals surface area contributed by atoms with Crippen LogP contribution in [0.1, 0.15) is 53.4 Å². The summed E-state index contributed by atoms with van der Waals surface area (Å²) in [6.07, 6.45) is 4.91. The second-order valence-electron chi connectivity index (χ2n) is 9.01. The Morgan fingerprint density at radius 2 is 0.833 bits per heavy atom. The Morgan fingerprint density at radius 1 is 0.583 bits per heavy atom. The van der Waals surface area contributed by atoms with Crippen LogP contribution in [0.5, 0.6) is 0 Å². The second-order valence-corrected chi connectivity index (χ2v) is 9.01. The Kier molecular flexibility index (Phi) is 3.14. The van der Waals surface area contributed by atoms with Crippen LogP contribution in [0, 0.1) is 0 Å². The summed E-state index contributed by atoms with van der Waals surface area (Å²) in [5, 5.41) is 0. The molecule has 0 aromatic rings. The van der Waals surface area contributed by atoms with Crippen molar-refractivity contribution in [2.24, 2.45) is 0 Å². The van der Waals surface area contributed by atoms with Crippen molar-refractivity contribution in [1.29, 1.82) is 0 Å². The van der Waals surface area contributed by atoms with Crippen molar-refractivity contribution in [2.45, 2.75) is 88.4 Å². The van der Waals surface area contributed by atoms with Crippen LogP contribution in [0.15, 0.2) is 0 Å². The normalized spacial score (nSPS) is 55.8. The van der Waals surface area contributed by atoms with Gasteiger partial charge in [-0.15, -0.1) is 0 Å². The standard InChI is InChI=1S/C18H30N2O4/c1-15(9-21-15)19(16(2)10-22-16)13-7-5-6-8-14(13)20(17(3)11-23-17)18(4)12-24-18/h13-14H,5-12H2,1-4H3. The maximum absolute atomic E-state index is 5.87. The molecule has 0 aromatic carbocycles. The lowest BCUT2D eigenvalue weighted by Crippen LogP contribution is -2.65. The van der Waals surface area contributed by atoms with Gasteiger partial charge in [-0.1, -0.05) is 12.8 Å². The molecule has 1 aliphatic carbocycles. The lowest BCUT2D eigenvalue weighted by Gasteiger charge is -2.50. The third-order valence-electron chi connectivity index (χ3n) is 6.64. The topological polar surface area (TPSA) is 56.6 Å². The molecule has 0 bridgehead atoms. The molecule has 136 valence electrons. The Morgan fingerprint density at radius 3 is 1.04 bits per heavy atom. The lowest BCUT2D eigenvalue weighted by atomic mass is 9.85. The minimum absolute atomic E-state index is 0.173. The van der Waals surface area contributed by atoms with Gasteiger partial charge in [0.2, 0.25) is 0 Å². The van der Waals surface area contributed by atoms with E-state index in [-0.39, 0.29) is 22.9 Å². The first-order valence-corrected chi connectivity index (χ1v) is 9.45. The van der Waals surface area contributed by atoms with Gasteiger partial charge in [0.25, 0.3) is 0 Å². The van der Waals surface area contributed by atoms with E-state index in [2.05, 4.69) is 37.5 Å². The molecule has 24 heavy (non-hydrogen) atoms. The molecule has 6 atom stereocenters. The van der Waals surface area contributed by atoms with E-state index in [1.54, 1.807) is 0 Å². The van der Waals surface area contributed by atoms with E-state index in [1.807, 2.05) is 0 Å². The average Bonchev–Trinajstić information content (AvgIpc) is 3.29. The first kappa shape index (κ1) is 16.0. The molecule has 0 amide bonds. The third kappa shape index (κ3) is 2.38. The Hall–Kier alpha value is -0.240. The van der Waals surface area contributed by atoms with Gasteiger partial charge in [0, 0.05) is 12.1 Å². The van der Waals surface area contributed by atoms with E-state index >= 15 is 0 Å². The van der Waals surface area contributed by atoms with E-state index < -0.39 is 0 Å². The zero-order chi connectivity index (χ0) is 16.8. The molecule has 6 heteroatoms. The Labute approximate surface area is 144 Å². The van der Waals surface area contributed by atoms with Crippen molar-refractivity contribution in [3.8, 4) is 0 Å². The summed E-state index contributed by atoms with van der Waals surface area (Å²) in [5.74, 6) is 0. The van der Waals surface area contributed by atoms with Crippen LogP contribution in [0.25, 0.3) is 0 Å². The molecule has 6 unspecified atom stereocenters. The molecule has 5 rings (SSSR count). The summed E-state index contributed by atoms with van der Waals surface area (Å²) < 4.78 is 23.5. The van der Waals surface area contributed by atoms with Gasteiger partial charge in [-0.25, -0.2) is 9.80 Å². The van der Waals surface area contributed by atoms with Gasteiger partial charge in [0.15, 0.2) is 0 Å². The molecule has 5 aliphatic rings. The molecule has 6 nitrogen and oxygen atoms in total. The Balaban J connectivity index is 1.49. The second kappa shape index (κ2) is 4.72. The molecule has 0 aromatic heterocycles. The van der Waals surface area contributed by atoms with Crippen LogP contribution in [0.3, 0.4) is 0 Å². The number of epoxide rings is 4. The minimum Gasteiger partial charge on any atom is -0.354 e. The monoisotopic (exact) mass is 338 g/mol. The predicted octanol–water partition coefficient (Wildman–Crippen LogP) is 1.89. The number of rotatable bonds is 6. The number of hydrogen-bond donors (Lipinski definition) is 0. The van der Waals surface area contributed by atoms with Crippen LogP contribution in [-0.4, -0.2) is 71.2 Å². The van der Waals surface area contributed by atoms with Crippen molar-refractivity contribution in [2.75, 3.05) is 26.4 Å². The van der Waals surface area contributed by atoms with E-state index in [1.165, 1.54) is 25.7 Å². The summed E-state index contributed by atoms with van der Waals surface area (Å²) >= 11 is 0. The van der Waals surface area contributed by atoms with Crippen molar-refractivity contribution >= 4 is 0 Å². The van der Waals surface area contributed by atoms with Crippen molar-refractivity contribution < 1.29 is 18.9 Å². The fraction of sp³-hybridized carbons (Fsp3) is 1.00. The molecule has 1 saturated carbocycles. The number of nitrogens with zero attached hydrogens (tertiary/aromatic N) is 2. The van der Waals surface area contributed by atoms with Crippen molar-refractivity contribution in [3.63, 3.8) is 0 Å². The maximum atomic E-state index is 5.87. The fourth-order valence-electron chi connectivity index (χ4n) is 5.07. The van der Waals surface area contributed by atoms with E-state index in [4.69, 9.17) is 18.9 Å².